The summed E-state index contributed by atoms with van der Waals surface area (Å²) < 4.78 is 5.05. The lowest BCUT2D eigenvalue weighted by Gasteiger charge is -2.16. The molecule has 2 N–H and O–H groups in total. The van der Waals surface area contributed by atoms with E-state index in [1.165, 1.54) is 0 Å². The van der Waals surface area contributed by atoms with E-state index in [1.54, 1.807) is 24.3 Å². The summed E-state index contributed by atoms with van der Waals surface area (Å²) in [4.78, 5) is 22.8. The van der Waals surface area contributed by atoms with Gasteiger partial charge in [0, 0.05) is 17.2 Å². The number of amides is 1. The smallest absolute Gasteiger partial charge is 0.330 e. The molecule has 1 amide bonds. The minimum Gasteiger partial charge on any atom is -0.479 e. The van der Waals surface area contributed by atoms with Crippen LogP contribution < -0.4 is 5.32 Å². The van der Waals surface area contributed by atoms with Gasteiger partial charge in [0.05, 0.1) is 0 Å². The van der Waals surface area contributed by atoms with E-state index < -0.39 is 17.9 Å². The van der Waals surface area contributed by atoms with E-state index in [0.717, 1.165) is 6.42 Å². The van der Waals surface area contributed by atoms with Crippen molar-refractivity contribution in [2.75, 3.05) is 13.2 Å². The second-order valence-corrected chi connectivity index (χ2v) is 4.32. The zero-order chi connectivity index (χ0) is 14.3. The van der Waals surface area contributed by atoms with Gasteiger partial charge in [0.1, 0.15) is 6.61 Å². The number of halogens is 1. The van der Waals surface area contributed by atoms with Crippen LogP contribution in [-0.4, -0.2) is 30.2 Å². The van der Waals surface area contributed by atoms with Crippen LogP contribution in [0, 0.1) is 0 Å². The fraction of sp³-hybridized carbons (Fsp3) is 0.385. The van der Waals surface area contributed by atoms with Crippen molar-refractivity contribution in [3.8, 4) is 0 Å². The van der Waals surface area contributed by atoms with Crippen molar-refractivity contribution in [1.82, 2.24) is 5.32 Å². The minimum atomic E-state index is -1.17. The lowest BCUT2D eigenvalue weighted by molar-refractivity contribution is -0.142. The molecule has 0 aromatic heterocycles. The van der Waals surface area contributed by atoms with Gasteiger partial charge in [-0.1, -0.05) is 36.7 Å². The Labute approximate surface area is 116 Å². The first-order valence-electron chi connectivity index (χ1n) is 5.90. The van der Waals surface area contributed by atoms with E-state index in [4.69, 9.17) is 21.4 Å². The monoisotopic (exact) mass is 285 g/mol. The van der Waals surface area contributed by atoms with Crippen LogP contribution in [0.1, 0.15) is 24.9 Å². The van der Waals surface area contributed by atoms with Gasteiger partial charge in [-0.3, -0.25) is 4.79 Å². The van der Waals surface area contributed by atoms with Crippen LogP contribution in [0.3, 0.4) is 0 Å². The Morgan fingerprint density at radius 2 is 2.11 bits per heavy atom. The maximum Gasteiger partial charge on any atom is 0.330 e. The fourth-order valence-corrected chi connectivity index (χ4v) is 1.74. The lowest BCUT2D eigenvalue weighted by Crippen LogP contribution is -2.36. The van der Waals surface area contributed by atoms with E-state index in [1.807, 2.05) is 6.92 Å². The van der Waals surface area contributed by atoms with Crippen LogP contribution in [0.4, 0.5) is 0 Å². The molecular weight excluding hydrogens is 270 g/mol. The summed E-state index contributed by atoms with van der Waals surface area (Å²) in [6.07, 6.45) is 0.792. The highest BCUT2D eigenvalue weighted by molar-refractivity contribution is 6.31. The number of hydrogen-bond acceptors (Lipinski definition) is 3. The summed E-state index contributed by atoms with van der Waals surface area (Å²) in [6, 6.07) is 5.32. The maximum atomic E-state index is 11.6. The number of hydrogen-bond donors (Lipinski definition) is 2. The molecule has 19 heavy (non-hydrogen) atoms. The predicted octanol–water partition coefficient (Wildman–Crippen LogP) is 2.01. The van der Waals surface area contributed by atoms with Crippen LogP contribution in [0.2, 0.25) is 5.02 Å². The Bertz CT molecular complexity index is 450. The van der Waals surface area contributed by atoms with Crippen LogP contribution in [0.15, 0.2) is 24.3 Å². The normalized spacial score (nSPS) is 11.9. The minimum absolute atomic E-state index is 0.165. The third-order valence-electron chi connectivity index (χ3n) is 2.35. The van der Waals surface area contributed by atoms with E-state index >= 15 is 0 Å². The first kappa shape index (κ1) is 15.5. The van der Waals surface area contributed by atoms with Crippen LogP contribution in [-0.2, 0) is 14.3 Å². The van der Waals surface area contributed by atoms with Gasteiger partial charge in [-0.15, -0.1) is 0 Å². The highest BCUT2D eigenvalue weighted by atomic mass is 35.5. The van der Waals surface area contributed by atoms with Gasteiger partial charge in [-0.05, 0) is 12.5 Å². The van der Waals surface area contributed by atoms with E-state index in [2.05, 4.69) is 5.32 Å². The first-order valence-corrected chi connectivity index (χ1v) is 6.28. The number of carbonyl (C=O) groups excluding carboxylic acids is 1. The molecule has 0 radical (unpaired) electrons. The van der Waals surface area contributed by atoms with Gasteiger partial charge in [0.25, 0.3) is 0 Å². The Kier molecular flexibility index (Phi) is 6.32. The number of benzene rings is 1. The lowest BCUT2D eigenvalue weighted by atomic mass is 10.1. The molecule has 0 spiro atoms. The highest BCUT2D eigenvalue weighted by Crippen LogP contribution is 2.22. The van der Waals surface area contributed by atoms with Crippen molar-refractivity contribution in [1.29, 1.82) is 0 Å². The van der Waals surface area contributed by atoms with Gasteiger partial charge in [0.15, 0.2) is 6.04 Å². The molecule has 1 atom stereocenters. The summed E-state index contributed by atoms with van der Waals surface area (Å²) in [6.45, 7) is 2.21. The molecule has 1 aromatic rings. The van der Waals surface area contributed by atoms with E-state index in [9.17, 15) is 9.59 Å². The summed E-state index contributed by atoms with van der Waals surface area (Å²) in [5.74, 6) is -1.65. The molecule has 0 saturated carbocycles. The second-order valence-electron chi connectivity index (χ2n) is 3.91. The molecule has 6 heteroatoms. The van der Waals surface area contributed by atoms with Crippen molar-refractivity contribution in [2.24, 2.45) is 0 Å². The number of nitrogens with one attached hydrogen (secondary N) is 1. The van der Waals surface area contributed by atoms with Crippen molar-refractivity contribution < 1.29 is 19.4 Å². The van der Waals surface area contributed by atoms with Crippen molar-refractivity contribution in [2.45, 2.75) is 19.4 Å². The summed E-state index contributed by atoms with van der Waals surface area (Å²) in [5.41, 5.74) is 0.348. The Balaban J connectivity index is 2.72. The number of carboxylic acids is 1. The van der Waals surface area contributed by atoms with Gasteiger partial charge in [-0.2, -0.15) is 0 Å². The molecule has 0 aliphatic heterocycles. The SMILES string of the molecule is CCCOCC(=O)N[C@@H](C(=O)O)c1ccccc1Cl. The van der Waals surface area contributed by atoms with Crippen LogP contribution in [0.25, 0.3) is 0 Å². The van der Waals surface area contributed by atoms with Gasteiger partial charge >= 0.3 is 5.97 Å². The van der Waals surface area contributed by atoms with Crippen molar-refractivity contribution in [3.63, 3.8) is 0 Å². The zero-order valence-corrected chi connectivity index (χ0v) is 11.3. The Hall–Kier alpha value is -1.59. The maximum absolute atomic E-state index is 11.6. The molecule has 0 saturated heterocycles. The molecule has 0 heterocycles. The third kappa shape index (κ3) is 4.89. The molecule has 1 aromatic carbocycles. The molecule has 0 unspecified atom stereocenters. The number of carbonyl (C=O) groups is 2. The van der Waals surface area contributed by atoms with Crippen molar-refractivity contribution in [3.05, 3.63) is 34.9 Å². The van der Waals surface area contributed by atoms with Crippen molar-refractivity contribution >= 4 is 23.5 Å². The molecule has 0 bridgehead atoms. The standard InChI is InChI=1S/C13H16ClNO4/c1-2-7-19-8-11(16)15-12(13(17)18)9-5-3-4-6-10(9)14/h3-6,12H,2,7-8H2,1H3,(H,15,16)(H,17,18)/t12-/m1/s1. The molecule has 104 valence electrons. The average molecular weight is 286 g/mol. The molecule has 1 rings (SSSR count). The number of aliphatic carboxylic acids is 1. The fourth-order valence-electron chi connectivity index (χ4n) is 1.49. The summed E-state index contributed by atoms with van der Waals surface area (Å²) in [5, 5.41) is 11.8. The number of ether oxygens (including phenoxy) is 1. The first-order chi connectivity index (χ1) is 9.06. The van der Waals surface area contributed by atoms with Crippen LogP contribution in [0.5, 0.6) is 0 Å². The Morgan fingerprint density at radius 3 is 2.68 bits per heavy atom. The topological polar surface area (TPSA) is 75.6 Å². The molecule has 0 aliphatic rings. The number of rotatable bonds is 7. The second kappa shape index (κ2) is 7.76. The zero-order valence-electron chi connectivity index (χ0n) is 10.6. The van der Waals surface area contributed by atoms with Crippen LogP contribution >= 0.6 is 11.6 Å². The Morgan fingerprint density at radius 1 is 1.42 bits per heavy atom. The molecule has 0 aliphatic carbocycles. The molecular formula is C13H16ClNO4. The summed E-state index contributed by atoms with van der Waals surface area (Å²) in [7, 11) is 0. The van der Waals surface area contributed by atoms with Gasteiger partial charge in [0.2, 0.25) is 5.91 Å². The average Bonchev–Trinajstić information content (AvgIpc) is 2.37. The van der Waals surface area contributed by atoms with Gasteiger partial charge < -0.3 is 15.2 Å². The van der Waals surface area contributed by atoms with Gasteiger partial charge in [-0.25, -0.2) is 4.79 Å². The van der Waals surface area contributed by atoms with E-state index in [-0.39, 0.29) is 6.61 Å². The molecule has 5 nitrogen and oxygen atoms in total. The molecule has 0 fully saturated rings. The largest absolute Gasteiger partial charge is 0.479 e. The quantitative estimate of drug-likeness (QED) is 0.752. The predicted molar refractivity (Wildman–Crippen MR) is 71.1 cm³/mol. The highest BCUT2D eigenvalue weighted by Gasteiger charge is 2.23. The third-order valence-corrected chi connectivity index (χ3v) is 2.69. The van der Waals surface area contributed by atoms with E-state index in [0.29, 0.717) is 17.2 Å². The summed E-state index contributed by atoms with van der Waals surface area (Å²) >= 11 is 5.93. The number of carboxylic acid groups (broad SMARTS) is 1.